The molecule has 0 spiro atoms. The zero-order valence-corrected chi connectivity index (χ0v) is 13.7. The number of hydrogen-bond acceptors (Lipinski definition) is 6. The summed E-state index contributed by atoms with van der Waals surface area (Å²) in [5, 5.41) is 14.6. The molecule has 7 heteroatoms. The molecule has 1 aromatic carbocycles. The first-order valence-corrected chi connectivity index (χ1v) is 8.30. The summed E-state index contributed by atoms with van der Waals surface area (Å²) in [6.45, 7) is 0. The van der Waals surface area contributed by atoms with Crippen LogP contribution in [0.2, 0.25) is 0 Å². The number of thioether (sulfide) groups is 1. The highest BCUT2D eigenvalue weighted by molar-refractivity contribution is 14.1. The molecule has 0 amide bonds. The minimum atomic E-state index is 0.553. The van der Waals surface area contributed by atoms with Gasteiger partial charge in [0.15, 0.2) is 0 Å². The molecule has 0 saturated heterocycles. The third-order valence-electron chi connectivity index (χ3n) is 2.19. The van der Waals surface area contributed by atoms with Crippen LogP contribution in [0.4, 0.5) is 5.00 Å². The maximum absolute atomic E-state index is 9.08. The molecule has 1 N–H and O–H groups in total. The Kier molecular flexibility index (Phi) is 5.18. The highest BCUT2D eigenvalue weighted by Gasteiger charge is 2.11. The standard InChI is InChI=1S/C12H9IN4S2/c1-18-12-10(6-14)11(19-17-12)16-15-7-8-3-2-4-9(13)5-8/h2-5,7,16H,1H3/b15-7-. The Morgan fingerprint density at radius 2 is 2.42 bits per heavy atom. The van der Waals surface area contributed by atoms with Crippen LogP contribution in [-0.4, -0.2) is 16.8 Å². The van der Waals surface area contributed by atoms with Crippen molar-refractivity contribution in [1.29, 1.82) is 5.26 Å². The predicted molar refractivity (Wildman–Crippen MR) is 89.0 cm³/mol. The summed E-state index contributed by atoms with van der Waals surface area (Å²) in [6.07, 6.45) is 3.62. The van der Waals surface area contributed by atoms with Crippen molar-refractivity contribution in [3.05, 3.63) is 39.0 Å². The lowest BCUT2D eigenvalue weighted by atomic mass is 10.2. The van der Waals surface area contributed by atoms with E-state index in [-0.39, 0.29) is 0 Å². The van der Waals surface area contributed by atoms with Gasteiger partial charge in [0.25, 0.3) is 0 Å². The largest absolute Gasteiger partial charge is 0.266 e. The second kappa shape index (κ2) is 6.88. The summed E-state index contributed by atoms with van der Waals surface area (Å²) in [5.41, 5.74) is 4.43. The van der Waals surface area contributed by atoms with Gasteiger partial charge in [-0.25, -0.2) is 0 Å². The van der Waals surface area contributed by atoms with Gasteiger partial charge in [-0.3, -0.25) is 5.43 Å². The molecule has 0 saturated carbocycles. The van der Waals surface area contributed by atoms with E-state index in [2.05, 4.69) is 43.6 Å². The fourth-order valence-corrected chi connectivity index (χ4v) is 3.33. The van der Waals surface area contributed by atoms with Crippen molar-refractivity contribution < 1.29 is 0 Å². The summed E-state index contributed by atoms with van der Waals surface area (Å²) in [5.74, 6) is 0. The molecule has 0 radical (unpaired) electrons. The van der Waals surface area contributed by atoms with E-state index in [0.717, 1.165) is 14.2 Å². The van der Waals surface area contributed by atoms with Crippen molar-refractivity contribution in [3.63, 3.8) is 0 Å². The number of nitrogens with zero attached hydrogens (tertiary/aromatic N) is 3. The number of hydrazone groups is 1. The van der Waals surface area contributed by atoms with Crippen LogP contribution in [0.3, 0.4) is 0 Å². The van der Waals surface area contributed by atoms with Crippen molar-refractivity contribution in [2.24, 2.45) is 5.10 Å². The van der Waals surface area contributed by atoms with Gasteiger partial charge in [0, 0.05) is 3.57 Å². The summed E-state index contributed by atoms with van der Waals surface area (Å²) in [6, 6.07) is 10.1. The molecular weight excluding hydrogens is 391 g/mol. The van der Waals surface area contributed by atoms with E-state index in [1.54, 1.807) is 6.21 Å². The highest BCUT2D eigenvalue weighted by Crippen LogP contribution is 2.29. The van der Waals surface area contributed by atoms with Crippen molar-refractivity contribution in [2.75, 3.05) is 11.7 Å². The van der Waals surface area contributed by atoms with Gasteiger partial charge < -0.3 is 0 Å². The lowest BCUT2D eigenvalue weighted by Crippen LogP contribution is -1.91. The fraction of sp³-hybridized carbons (Fsp3) is 0.0833. The lowest BCUT2D eigenvalue weighted by Gasteiger charge is -1.97. The Balaban J connectivity index is 2.11. The zero-order chi connectivity index (χ0) is 13.7. The van der Waals surface area contributed by atoms with Crippen LogP contribution >= 0.6 is 45.9 Å². The Morgan fingerprint density at radius 3 is 3.11 bits per heavy atom. The topological polar surface area (TPSA) is 61.1 Å². The van der Waals surface area contributed by atoms with Gasteiger partial charge >= 0.3 is 0 Å². The minimum Gasteiger partial charge on any atom is -0.266 e. The molecule has 0 unspecified atom stereocenters. The molecule has 4 nitrogen and oxygen atoms in total. The molecular formula is C12H9IN4S2. The highest BCUT2D eigenvalue weighted by atomic mass is 127. The summed E-state index contributed by atoms with van der Waals surface area (Å²) >= 11 is 4.95. The number of nitriles is 1. The predicted octanol–water partition coefficient (Wildman–Crippen LogP) is 3.79. The van der Waals surface area contributed by atoms with E-state index in [1.807, 2.05) is 30.5 Å². The Hall–Kier alpha value is -1.11. The first kappa shape index (κ1) is 14.3. The number of aromatic nitrogens is 1. The fourth-order valence-electron chi connectivity index (χ4n) is 1.34. The van der Waals surface area contributed by atoms with Crippen molar-refractivity contribution in [2.45, 2.75) is 5.03 Å². The van der Waals surface area contributed by atoms with Crippen LogP contribution in [0.5, 0.6) is 0 Å². The van der Waals surface area contributed by atoms with E-state index in [4.69, 9.17) is 5.26 Å². The number of anilines is 1. The van der Waals surface area contributed by atoms with Gasteiger partial charge in [0.2, 0.25) is 0 Å². The maximum Gasteiger partial charge on any atom is 0.148 e. The van der Waals surface area contributed by atoms with Gasteiger partial charge in [-0.2, -0.15) is 14.7 Å². The van der Waals surface area contributed by atoms with Crippen LogP contribution in [-0.2, 0) is 0 Å². The van der Waals surface area contributed by atoms with Gasteiger partial charge in [-0.15, -0.1) is 11.8 Å². The first-order valence-electron chi connectivity index (χ1n) is 5.23. The smallest absolute Gasteiger partial charge is 0.148 e. The van der Waals surface area contributed by atoms with Gasteiger partial charge in [-0.05, 0) is 58.1 Å². The van der Waals surface area contributed by atoms with Crippen LogP contribution in [0.1, 0.15) is 11.1 Å². The van der Waals surface area contributed by atoms with Crippen LogP contribution in [0.15, 0.2) is 34.4 Å². The average molecular weight is 400 g/mol. The van der Waals surface area contributed by atoms with E-state index >= 15 is 0 Å². The number of halogens is 1. The number of rotatable bonds is 4. The Labute approximate surface area is 133 Å². The third kappa shape index (κ3) is 3.68. The maximum atomic E-state index is 9.08. The number of benzene rings is 1. The molecule has 0 aliphatic heterocycles. The van der Waals surface area contributed by atoms with Gasteiger partial charge in [-0.1, -0.05) is 12.1 Å². The number of nitrogens with one attached hydrogen (secondary N) is 1. The second-order valence-electron chi connectivity index (χ2n) is 3.43. The quantitative estimate of drug-likeness (QED) is 0.367. The van der Waals surface area contributed by atoms with Crippen molar-refractivity contribution >= 4 is 57.1 Å². The second-order valence-corrected chi connectivity index (χ2v) is 6.25. The normalized spacial score (nSPS) is 10.6. The minimum absolute atomic E-state index is 0.553. The van der Waals surface area contributed by atoms with Crippen LogP contribution in [0, 0.1) is 14.9 Å². The molecule has 0 aliphatic carbocycles. The van der Waals surface area contributed by atoms with E-state index in [0.29, 0.717) is 10.6 Å². The van der Waals surface area contributed by atoms with E-state index in [9.17, 15) is 0 Å². The van der Waals surface area contributed by atoms with Gasteiger partial charge in [0.05, 0.1) is 6.21 Å². The molecule has 1 heterocycles. The van der Waals surface area contributed by atoms with E-state index < -0.39 is 0 Å². The third-order valence-corrected chi connectivity index (χ3v) is 4.41. The molecule has 2 aromatic rings. The van der Waals surface area contributed by atoms with E-state index in [1.165, 1.54) is 23.3 Å². The molecule has 0 bridgehead atoms. The molecule has 1 aromatic heterocycles. The average Bonchev–Trinajstić information content (AvgIpc) is 2.81. The molecule has 2 rings (SSSR count). The summed E-state index contributed by atoms with van der Waals surface area (Å²) in [4.78, 5) is 0. The molecule has 19 heavy (non-hydrogen) atoms. The summed E-state index contributed by atoms with van der Waals surface area (Å²) < 4.78 is 5.34. The van der Waals surface area contributed by atoms with Crippen molar-refractivity contribution in [1.82, 2.24) is 4.37 Å². The lowest BCUT2D eigenvalue weighted by molar-refractivity contribution is 1.25. The number of hydrogen-bond donors (Lipinski definition) is 1. The SMILES string of the molecule is CSc1nsc(N/N=C\c2cccc(I)c2)c1C#N. The van der Waals surface area contributed by atoms with Crippen molar-refractivity contribution in [3.8, 4) is 6.07 Å². The van der Waals surface area contributed by atoms with Gasteiger partial charge in [0.1, 0.15) is 21.7 Å². The summed E-state index contributed by atoms with van der Waals surface area (Å²) in [7, 11) is 0. The molecule has 96 valence electrons. The first-order chi connectivity index (χ1) is 9.24. The molecule has 0 aliphatic rings. The van der Waals surface area contributed by atoms with Crippen LogP contribution < -0.4 is 5.43 Å². The van der Waals surface area contributed by atoms with Crippen LogP contribution in [0.25, 0.3) is 0 Å². The molecule has 0 fully saturated rings. The zero-order valence-electron chi connectivity index (χ0n) is 9.92. The monoisotopic (exact) mass is 400 g/mol. The Morgan fingerprint density at radius 1 is 1.58 bits per heavy atom. The Bertz CT molecular complexity index is 645. The molecule has 0 atom stereocenters.